The van der Waals surface area contributed by atoms with Gasteiger partial charge in [-0.3, -0.25) is 4.79 Å². The molecule has 0 spiro atoms. The molecule has 0 fully saturated rings. The van der Waals surface area contributed by atoms with E-state index in [0.29, 0.717) is 5.88 Å². The van der Waals surface area contributed by atoms with Gasteiger partial charge in [0.2, 0.25) is 6.29 Å². The van der Waals surface area contributed by atoms with Crippen molar-refractivity contribution in [3.05, 3.63) is 0 Å². The van der Waals surface area contributed by atoms with Gasteiger partial charge >= 0.3 is 0 Å². The Balaban J connectivity index is 3.37. The van der Waals surface area contributed by atoms with Crippen LogP contribution in [0.4, 0.5) is 0 Å². The van der Waals surface area contributed by atoms with Crippen molar-refractivity contribution in [1.82, 2.24) is 0 Å². The van der Waals surface area contributed by atoms with Crippen molar-refractivity contribution in [3.8, 4) is 0 Å². The second-order valence-corrected chi connectivity index (χ2v) is 3.51. The Bertz CT molecular complexity index is 99.4. The van der Waals surface area contributed by atoms with Gasteiger partial charge in [-0.25, -0.2) is 0 Å². The van der Waals surface area contributed by atoms with Crippen LogP contribution in [0, 0.1) is 5.41 Å². The number of hydrogen-bond acceptors (Lipinski definition) is 1. The molecule has 2 heteroatoms. The molecule has 0 rings (SSSR count). The quantitative estimate of drug-likeness (QED) is 0.448. The molecule has 10 heavy (non-hydrogen) atoms. The van der Waals surface area contributed by atoms with Gasteiger partial charge in [0.25, 0.3) is 0 Å². The molecule has 0 amide bonds. The van der Waals surface area contributed by atoms with Gasteiger partial charge in [-0.1, -0.05) is 20.3 Å². The zero-order valence-electron chi connectivity index (χ0n) is 6.61. The lowest BCUT2D eigenvalue weighted by Crippen LogP contribution is -2.12. The van der Waals surface area contributed by atoms with E-state index in [0.717, 1.165) is 19.3 Å². The molecule has 0 unspecified atom stereocenters. The fraction of sp³-hybridized carbons (Fsp3) is 0.875. The van der Waals surface area contributed by atoms with Gasteiger partial charge in [0.1, 0.15) is 0 Å². The van der Waals surface area contributed by atoms with Crippen LogP contribution in [-0.4, -0.2) is 12.2 Å². The molecular formula is C8H14ClO. The summed E-state index contributed by atoms with van der Waals surface area (Å²) in [5, 5.41) is 0. The molecule has 0 aromatic carbocycles. The summed E-state index contributed by atoms with van der Waals surface area (Å²) in [5.41, 5.74) is -0.272. The van der Waals surface area contributed by atoms with Gasteiger partial charge in [0, 0.05) is 11.3 Å². The SMILES string of the molecule is CC(C)([C]=O)CCCCCl. The monoisotopic (exact) mass is 161 g/mol. The van der Waals surface area contributed by atoms with Crippen molar-refractivity contribution in [2.24, 2.45) is 5.41 Å². The second-order valence-electron chi connectivity index (χ2n) is 3.13. The fourth-order valence-corrected chi connectivity index (χ4v) is 0.901. The molecule has 0 saturated heterocycles. The van der Waals surface area contributed by atoms with Crippen LogP contribution in [-0.2, 0) is 4.79 Å². The molecule has 0 N–H and O–H groups in total. The molecule has 0 aliphatic rings. The summed E-state index contributed by atoms with van der Waals surface area (Å²) in [5.74, 6) is 0.689. The lowest BCUT2D eigenvalue weighted by atomic mass is 9.89. The summed E-state index contributed by atoms with van der Waals surface area (Å²) in [6, 6.07) is 0. The first-order valence-corrected chi connectivity index (χ1v) is 4.11. The van der Waals surface area contributed by atoms with Gasteiger partial charge in [-0.05, 0) is 12.8 Å². The van der Waals surface area contributed by atoms with Crippen LogP contribution in [0.5, 0.6) is 0 Å². The summed E-state index contributed by atoms with van der Waals surface area (Å²) in [7, 11) is 0. The van der Waals surface area contributed by atoms with E-state index in [1.54, 1.807) is 0 Å². The minimum absolute atomic E-state index is 0.272. The predicted octanol–water partition coefficient (Wildman–Crippen LogP) is 2.53. The zero-order chi connectivity index (χ0) is 8.04. The van der Waals surface area contributed by atoms with Crippen LogP contribution in [0.3, 0.4) is 0 Å². The van der Waals surface area contributed by atoms with Crippen LogP contribution >= 0.6 is 11.6 Å². The molecule has 1 nitrogen and oxygen atoms in total. The summed E-state index contributed by atoms with van der Waals surface area (Å²) in [6.45, 7) is 3.79. The molecule has 0 saturated carbocycles. The van der Waals surface area contributed by atoms with E-state index < -0.39 is 0 Å². The average molecular weight is 162 g/mol. The molecule has 1 radical (unpaired) electrons. The smallest absolute Gasteiger partial charge is 0.204 e. The van der Waals surface area contributed by atoms with Gasteiger partial charge in [0.05, 0.1) is 0 Å². The van der Waals surface area contributed by atoms with E-state index in [1.807, 2.05) is 20.1 Å². The van der Waals surface area contributed by atoms with Gasteiger partial charge in [0.15, 0.2) is 0 Å². The molecule has 0 aromatic heterocycles. The third-order valence-corrected chi connectivity index (χ3v) is 1.73. The molecule has 0 heterocycles. The van der Waals surface area contributed by atoms with Crippen LogP contribution in [0.25, 0.3) is 0 Å². The fourth-order valence-electron chi connectivity index (χ4n) is 0.712. The van der Waals surface area contributed by atoms with Gasteiger partial charge < -0.3 is 0 Å². The Labute approximate surface area is 67.8 Å². The number of alkyl halides is 1. The third kappa shape index (κ3) is 4.80. The van der Waals surface area contributed by atoms with E-state index in [4.69, 9.17) is 11.6 Å². The predicted molar refractivity (Wildman–Crippen MR) is 44.0 cm³/mol. The number of halogens is 1. The minimum Gasteiger partial charge on any atom is -0.290 e. The normalized spacial score (nSPS) is 11.5. The number of carbonyl (C=O) groups excluding carboxylic acids is 1. The molecule has 0 aliphatic heterocycles. The lowest BCUT2D eigenvalue weighted by Gasteiger charge is -2.13. The van der Waals surface area contributed by atoms with Crippen molar-refractivity contribution in [1.29, 1.82) is 0 Å². The highest BCUT2D eigenvalue weighted by molar-refractivity contribution is 6.17. The van der Waals surface area contributed by atoms with Crippen molar-refractivity contribution in [3.63, 3.8) is 0 Å². The first-order valence-electron chi connectivity index (χ1n) is 3.57. The minimum atomic E-state index is -0.272. The highest BCUT2D eigenvalue weighted by Gasteiger charge is 2.16. The van der Waals surface area contributed by atoms with Crippen molar-refractivity contribution < 1.29 is 4.79 Å². The zero-order valence-corrected chi connectivity index (χ0v) is 7.37. The molecule has 0 atom stereocenters. The van der Waals surface area contributed by atoms with E-state index in [2.05, 4.69) is 0 Å². The molecular weight excluding hydrogens is 148 g/mol. The standard InChI is InChI=1S/C8H14ClO/c1-8(2,7-10)5-3-4-6-9/h3-6H2,1-2H3. The first kappa shape index (κ1) is 9.96. The molecule has 0 bridgehead atoms. The summed E-state index contributed by atoms with van der Waals surface area (Å²) in [6.07, 6.45) is 4.91. The van der Waals surface area contributed by atoms with E-state index in [-0.39, 0.29) is 5.41 Å². The number of unbranched alkanes of at least 4 members (excludes halogenated alkanes) is 1. The Morgan fingerprint density at radius 2 is 2.00 bits per heavy atom. The molecule has 0 aliphatic carbocycles. The van der Waals surface area contributed by atoms with Crippen LogP contribution < -0.4 is 0 Å². The highest BCUT2D eigenvalue weighted by atomic mass is 35.5. The highest BCUT2D eigenvalue weighted by Crippen LogP contribution is 2.19. The average Bonchev–Trinajstić information content (AvgIpc) is 1.89. The maximum atomic E-state index is 10.3. The summed E-state index contributed by atoms with van der Waals surface area (Å²) in [4.78, 5) is 10.3. The van der Waals surface area contributed by atoms with E-state index in [9.17, 15) is 4.79 Å². The van der Waals surface area contributed by atoms with Crippen molar-refractivity contribution >= 4 is 17.9 Å². The van der Waals surface area contributed by atoms with Crippen molar-refractivity contribution in [2.75, 3.05) is 5.88 Å². The maximum Gasteiger partial charge on any atom is 0.204 e. The summed E-state index contributed by atoms with van der Waals surface area (Å²) < 4.78 is 0. The third-order valence-electron chi connectivity index (χ3n) is 1.46. The molecule has 0 aromatic rings. The van der Waals surface area contributed by atoms with E-state index in [1.165, 1.54) is 0 Å². The van der Waals surface area contributed by atoms with Gasteiger partial charge in [-0.2, -0.15) is 0 Å². The maximum absolute atomic E-state index is 10.3. The van der Waals surface area contributed by atoms with Crippen LogP contribution in [0.2, 0.25) is 0 Å². The Morgan fingerprint density at radius 3 is 2.40 bits per heavy atom. The number of rotatable bonds is 5. The van der Waals surface area contributed by atoms with Crippen LogP contribution in [0.1, 0.15) is 33.1 Å². The first-order chi connectivity index (χ1) is 4.62. The topological polar surface area (TPSA) is 17.1 Å². The Morgan fingerprint density at radius 1 is 1.40 bits per heavy atom. The largest absolute Gasteiger partial charge is 0.290 e. The second kappa shape index (κ2) is 4.73. The van der Waals surface area contributed by atoms with E-state index >= 15 is 0 Å². The van der Waals surface area contributed by atoms with Crippen molar-refractivity contribution in [2.45, 2.75) is 33.1 Å². The molecule has 59 valence electrons. The Hall–Kier alpha value is -0.0400. The van der Waals surface area contributed by atoms with Crippen LogP contribution in [0.15, 0.2) is 0 Å². The summed E-state index contributed by atoms with van der Waals surface area (Å²) >= 11 is 5.48. The number of hydrogen-bond donors (Lipinski definition) is 0. The van der Waals surface area contributed by atoms with Gasteiger partial charge in [-0.15, -0.1) is 11.6 Å². The Kier molecular flexibility index (Phi) is 4.71. The lowest BCUT2D eigenvalue weighted by molar-refractivity contribution is 0.412.